The van der Waals surface area contributed by atoms with Crippen LogP contribution in [-0.4, -0.2) is 38.4 Å². The Bertz CT molecular complexity index is 297. The van der Waals surface area contributed by atoms with E-state index in [0.29, 0.717) is 0 Å². The van der Waals surface area contributed by atoms with E-state index in [0.717, 1.165) is 18.7 Å². The highest BCUT2D eigenvalue weighted by molar-refractivity contribution is 5.75. The predicted molar refractivity (Wildman–Crippen MR) is 68.3 cm³/mol. The third kappa shape index (κ3) is 7.49. The standard InChI is InChI=1S/C9H10O2.C4H11NO/c1-7(9(10)11)8-5-3-2-4-6-8;1-5-3-4-6-2/h2-7H,1H3,(H,10,11);5H,3-4H2,1-2H3. The molecule has 0 aliphatic rings. The van der Waals surface area contributed by atoms with Crippen LogP contribution in [0.3, 0.4) is 0 Å². The molecule has 0 bridgehead atoms. The lowest BCUT2D eigenvalue weighted by molar-refractivity contribution is -0.138. The van der Waals surface area contributed by atoms with E-state index < -0.39 is 11.9 Å². The number of rotatable bonds is 5. The van der Waals surface area contributed by atoms with Gasteiger partial charge in [-0.15, -0.1) is 0 Å². The van der Waals surface area contributed by atoms with Gasteiger partial charge in [-0.3, -0.25) is 4.79 Å². The highest BCUT2D eigenvalue weighted by atomic mass is 16.5. The number of carboxylic acids is 1. The van der Waals surface area contributed by atoms with Crippen LogP contribution in [0.15, 0.2) is 30.3 Å². The topological polar surface area (TPSA) is 58.6 Å². The van der Waals surface area contributed by atoms with Gasteiger partial charge in [0, 0.05) is 13.7 Å². The number of aliphatic carboxylic acids is 1. The van der Waals surface area contributed by atoms with E-state index in [2.05, 4.69) is 5.32 Å². The number of hydrogen-bond acceptors (Lipinski definition) is 3. The lowest BCUT2D eigenvalue weighted by atomic mass is 10.0. The van der Waals surface area contributed by atoms with Gasteiger partial charge >= 0.3 is 5.97 Å². The minimum absolute atomic E-state index is 0.406. The van der Waals surface area contributed by atoms with Crippen LogP contribution in [0.1, 0.15) is 18.4 Å². The molecule has 0 amide bonds. The summed E-state index contributed by atoms with van der Waals surface area (Å²) in [5.41, 5.74) is 0.847. The van der Waals surface area contributed by atoms with E-state index in [4.69, 9.17) is 9.84 Å². The maximum atomic E-state index is 10.5. The van der Waals surface area contributed by atoms with Gasteiger partial charge in [-0.1, -0.05) is 30.3 Å². The largest absolute Gasteiger partial charge is 0.481 e. The number of benzene rings is 1. The van der Waals surface area contributed by atoms with Gasteiger partial charge in [0.2, 0.25) is 0 Å². The van der Waals surface area contributed by atoms with Crippen molar-refractivity contribution in [2.75, 3.05) is 27.3 Å². The first-order valence-corrected chi connectivity index (χ1v) is 5.54. The van der Waals surface area contributed by atoms with E-state index in [1.165, 1.54) is 0 Å². The van der Waals surface area contributed by atoms with E-state index in [1.807, 2.05) is 37.4 Å². The molecule has 1 rings (SSSR count). The quantitative estimate of drug-likeness (QED) is 0.768. The second-order valence-electron chi connectivity index (χ2n) is 3.57. The van der Waals surface area contributed by atoms with Crippen LogP contribution >= 0.6 is 0 Å². The lowest BCUT2D eigenvalue weighted by Crippen LogP contribution is -2.12. The molecule has 2 N–H and O–H groups in total. The zero-order valence-electron chi connectivity index (χ0n) is 10.6. The zero-order valence-corrected chi connectivity index (χ0v) is 10.6. The minimum atomic E-state index is -0.781. The molecule has 96 valence electrons. The van der Waals surface area contributed by atoms with Crippen molar-refractivity contribution in [2.45, 2.75) is 12.8 Å². The summed E-state index contributed by atoms with van der Waals surface area (Å²) in [6, 6.07) is 9.19. The number of carbonyl (C=O) groups is 1. The highest BCUT2D eigenvalue weighted by Crippen LogP contribution is 2.13. The van der Waals surface area contributed by atoms with Crippen LogP contribution in [0.4, 0.5) is 0 Å². The molecule has 0 aliphatic heterocycles. The van der Waals surface area contributed by atoms with Crippen LogP contribution in [0.5, 0.6) is 0 Å². The molecular weight excluding hydrogens is 218 g/mol. The monoisotopic (exact) mass is 239 g/mol. The fourth-order valence-electron chi connectivity index (χ4n) is 1.09. The molecule has 0 heterocycles. The molecule has 4 nitrogen and oxygen atoms in total. The third-order valence-corrected chi connectivity index (χ3v) is 2.23. The van der Waals surface area contributed by atoms with Crippen LogP contribution in [0.25, 0.3) is 0 Å². The summed E-state index contributed by atoms with van der Waals surface area (Å²) < 4.78 is 4.72. The maximum absolute atomic E-state index is 10.5. The van der Waals surface area contributed by atoms with Crippen molar-refractivity contribution in [3.63, 3.8) is 0 Å². The van der Waals surface area contributed by atoms with E-state index in [1.54, 1.807) is 14.0 Å². The van der Waals surface area contributed by atoms with Gasteiger partial charge in [-0.25, -0.2) is 0 Å². The summed E-state index contributed by atoms with van der Waals surface area (Å²) in [4.78, 5) is 10.5. The zero-order chi connectivity index (χ0) is 13.1. The summed E-state index contributed by atoms with van der Waals surface area (Å²) in [6.45, 7) is 3.42. The number of hydrogen-bond donors (Lipinski definition) is 2. The van der Waals surface area contributed by atoms with Crippen molar-refractivity contribution >= 4 is 5.97 Å². The number of likely N-dealkylation sites (N-methyl/N-ethyl adjacent to an activating group) is 1. The normalized spacial score (nSPS) is 11.2. The third-order valence-electron chi connectivity index (χ3n) is 2.23. The fourth-order valence-corrected chi connectivity index (χ4v) is 1.09. The first-order valence-electron chi connectivity index (χ1n) is 5.54. The van der Waals surface area contributed by atoms with Crippen molar-refractivity contribution < 1.29 is 14.6 Å². The van der Waals surface area contributed by atoms with Crippen LogP contribution in [-0.2, 0) is 9.53 Å². The van der Waals surface area contributed by atoms with Gasteiger partial charge in [0.05, 0.1) is 12.5 Å². The molecule has 0 fully saturated rings. The van der Waals surface area contributed by atoms with Crippen LogP contribution < -0.4 is 5.32 Å². The maximum Gasteiger partial charge on any atom is 0.310 e. The van der Waals surface area contributed by atoms with Gasteiger partial charge in [-0.05, 0) is 19.5 Å². The summed E-state index contributed by atoms with van der Waals surface area (Å²) >= 11 is 0. The Balaban J connectivity index is 0.000000366. The second-order valence-corrected chi connectivity index (χ2v) is 3.57. The van der Waals surface area contributed by atoms with Crippen LogP contribution in [0, 0.1) is 0 Å². The lowest BCUT2D eigenvalue weighted by Gasteiger charge is -2.04. The van der Waals surface area contributed by atoms with Crippen molar-refractivity contribution in [1.82, 2.24) is 5.32 Å². The number of ether oxygens (including phenoxy) is 1. The molecule has 0 radical (unpaired) electrons. The highest BCUT2D eigenvalue weighted by Gasteiger charge is 2.11. The Morgan fingerprint density at radius 2 is 2.00 bits per heavy atom. The fraction of sp³-hybridized carbons (Fsp3) is 0.462. The summed E-state index contributed by atoms with van der Waals surface area (Å²) in [7, 11) is 3.59. The van der Waals surface area contributed by atoms with Crippen LogP contribution in [0.2, 0.25) is 0 Å². The average molecular weight is 239 g/mol. The summed E-state index contributed by atoms with van der Waals surface area (Å²) in [5, 5.41) is 11.6. The molecule has 0 aliphatic carbocycles. The molecule has 0 saturated heterocycles. The molecular formula is C13H21NO3. The number of methoxy groups -OCH3 is 1. The molecule has 4 heteroatoms. The van der Waals surface area contributed by atoms with Gasteiger partial charge in [-0.2, -0.15) is 0 Å². The predicted octanol–water partition coefficient (Wildman–Crippen LogP) is 1.73. The Morgan fingerprint density at radius 3 is 2.35 bits per heavy atom. The summed E-state index contributed by atoms with van der Waals surface area (Å²) in [6.07, 6.45) is 0. The first-order chi connectivity index (χ1) is 8.13. The number of nitrogens with one attached hydrogen (secondary N) is 1. The van der Waals surface area contributed by atoms with Crippen molar-refractivity contribution in [3.05, 3.63) is 35.9 Å². The first kappa shape index (κ1) is 15.6. The van der Waals surface area contributed by atoms with Gasteiger partial charge in [0.15, 0.2) is 0 Å². The SMILES string of the molecule is CC(C(=O)O)c1ccccc1.CNCCOC. The molecule has 1 aromatic rings. The molecule has 1 unspecified atom stereocenters. The molecule has 0 spiro atoms. The minimum Gasteiger partial charge on any atom is -0.481 e. The Kier molecular flexibility index (Phi) is 9.01. The average Bonchev–Trinajstić information content (AvgIpc) is 2.37. The van der Waals surface area contributed by atoms with Gasteiger partial charge in [0.25, 0.3) is 0 Å². The number of carboxylic acid groups (broad SMARTS) is 1. The molecule has 17 heavy (non-hydrogen) atoms. The van der Waals surface area contributed by atoms with E-state index >= 15 is 0 Å². The van der Waals surface area contributed by atoms with Gasteiger partial charge < -0.3 is 15.2 Å². The Hall–Kier alpha value is -1.39. The van der Waals surface area contributed by atoms with E-state index in [9.17, 15) is 4.79 Å². The molecule has 1 atom stereocenters. The van der Waals surface area contributed by atoms with Crippen molar-refractivity contribution in [2.24, 2.45) is 0 Å². The summed E-state index contributed by atoms with van der Waals surface area (Å²) in [5.74, 6) is -1.19. The Morgan fingerprint density at radius 1 is 1.41 bits per heavy atom. The molecule has 0 aromatic heterocycles. The smallest absolute Gasteiger partial charge is 0.310 e. The molecule has 1 aromatic carbocycles. The molecule has 0 saturated carbocycles. The van der Waals surface area contributed by atoms with Gasteiger partial charge in [0.1, 0.15) is 0 Å². The Labute approximate surface area is 103 Å². The second kappa shape index (κ2) is 9.81. The van der Waals surface area contributed by atoms with Crippen molar-refractivity contribution in [1.29, 1.82) is 0 Å². The van der Waals surface area contributed by atoms with E-state index in [-0.39, 0.29) is 0 Å². The van der Waals surface area contributed by atoms with Crippen molar-refractivity contribution in [3.8, 4) is 0 Å².